The summed E-state index contributed by atoms with van der Waals surface area (Å²) < 4.78 is 0. The van der Waals surface area contributed by atoms with Gasteiger partial charge in [0, 0.05) is 24.2 Å². The van der Waals surface area contributed by atoms with Crippen LogP contribution in [0, 0.1) is 0 Å². The average Bonchev–Trinajstić information content (AvgIpc) is 2.47. The summed E-state index contributed by atoms with van der Waals surface area (Å²) >= 11 is 6.13. The van der Waals surface area contributed by atoms with Crippen molar-refractivity contribution in [1.82, 2.24) is 9.88 Å². The molecule has 20 heavy (non-hydrogen) atoms. The van der Waals surface area contributed by atoms with Crippen LogP contribution in [0.5, 0.6) is 0 Å². The maximum Gasteiger partial charge on any atom is 0.256 e. The number of nitrogens with zero attached hydrogens (tertiary/aromatic N) is 2. The third-order valence-electron chi connectivity index (χ3n) is 4.23. The molecular weight excluding hydrogens is 272 g/mol. The smallest absolute Gasteiger partial charge is 0.256 e. The minimum absolute atomic E-state index is 0.0762. The molecule has 2 aliphatic rings. The molecule has 0 spiro atoms. The van der Waals surface area contributed by atoms with Crippen molar-refractivity contribution in [3.8, 4) is 0 Å². The molecule has 0 aliphatic carbocycles. The molecule has 4 rings (SSSR count). The van der Waals surface area contributed by atoms with Crippen molar-refractivity contribution >= 4 is 17.5 Å². The molecule has 0 saturated carbocycles. The first-order valence-corrected chi connectivity index (χ1v) is 7.15. The van der Waals surface area contributed by atoms with Crippen molar-refractivity contribution in [1.29, 1.82) is 0 Å². The zero-order valence-electron chi connectivity index (χ0n) is 10.8. The second-order valence-corrected chi connectivity index (χ2v) is 5.75. The molecule has 0 radical (unpaired) electrons. The third kappa shape index (κ3) is 1.66. The zero-order valence-corrected chi connectivity index (χ0v) is 11.6. The number of carbonyl (C=O) groups is 1. The lowest BCUT2D eigenvalue weighted by molar-refractivity contribution is 0.0629. The number of amides is 1. The quantitative estimate of drug-likeness (QED) is 0.745. The summed E-state index contributed by atoms with van der Waals surface area (Å²) in [5, 5.41) is 0.727. The Morgan fingerprint density at radius 2 is 2.20 bits per heavy atom. The number of carbonyl (C=O) groups excluding carboxylic acids is 1. The molecule has 100 valence electrons. The Bertz CT molecular complexity index is 713. The lowest BCUT2D eigenvalue weighted by atomic mass is 9.86. The van der Waals surface area contributed by atoms with Crippen LogP contribution in [0.2, 0.25) is 5.02 Å². The molecule has 2 aromatic rings. The Hall–Kier alpha value is -1.87. The van der Waals surface area contributed by atoms with Crippen molar-refractivity contribution < 1.29 is 4.79 Å². The maximum absolute atomic E-state index is 12.6. The van der Waals surface area contributed by atoms with Gasteiger partial charge in [-0.3, -0.25) is 9.78 Å². The van der Waals surface area contributed by atoms with Crippen LogP contribution >= 0.6 is 11.6 Å². The number of rotatable bonds is 0. The molecule has 1 aromatic carbocycles. The Labute approximate surface area is 122 Å². The summed E-state index contributed by atoms with van der Waals surface area (Å²) in [5.41, 5.74) is 4.11. The number of hydrogen-bond donors (Lipinski definition) is 0. The predicted octanol–water partition coefficient (Wildman–Crippen LogP) is 3.03. The topological polar surface area (TPSA) is 33.2 Å². The number of fused-ring (bicyclic) bond motifs is 4. The second-order valence-electron chi connectivity index (χ2n) is 5.31. The van der Waals surface area contributed by atoms with Crippen molar-refractivity contribution in [3.63, 3.8) is 0 Å². The van der Waals surface area contributed by atoms with Crippen molar-refractivity contribution in [2.24, 2.45) is 0 Å². The number of aromatic nitrogens is 1. The molecule has 1 atom stereocenters. The van der Waals surface area contributed by atoms with Crippen LogP contribution in [0.15, 0.2) is 36.5 Å². The molecule has 3 nitrogen and oxygen atoms in total. The zero-order chi connectivity index (χ0) is 13.7. The fraction of sp³-hybridized carbons (Fsp3) is 0.250. The summed E-state index contributed by atoms with van der Waals surface area (Å²) in [6.07, 6.45) is 3.42. The second kappa shape index (κ2) is 4.32. The first-order valence-electron chi connectivity index (χ1n) is 6.77. The van der Waals surface area contributed by atoms with E-state index in [1.165, 1.54) is 11.1 Å². The van der Waals surface area contributed by atoms with E-state index >= 15 is 0 Å². The first kappa shape index (κ1) is 11.9. The van der Waals surface area contributed by atoms with Crippen LogP contribution in [0.1, 0.15) is 33.2 Å². The van der Waals surface area contributed by atoms with Crippen LogP contribution in [-0.4, -0.2) is 22.3 Å². The van der Waals surface area contributed by atoms with Gasteiger partial charge in [0.05, 0.1) is 17.3 Å². The van der Waals surface area contributed by atoms with E-state index in [0.717, 1.165) is 35.7 Å². The lowest BCUT2D eigenvalue weighted by Crippen LogP contribution is -2.44. The molecule has 1 amide bonds. The summed E-state index contributed by atoms with van der Waals surface area (Å²) in [7, 11) is 0. The standard InChI is InChI=1S/C16H13ClN2O/c17-11-4-3-10-5-7-19-15(13(10)8-11)9-14-12(16(19)20)2-1-6-18-14/h1-4,6,8,15H,5,7,9H2. The number of halogens is 1. The molecule has 0 saturated heterocycles. The van der Waals surface area contributed by atoms with E-state index < -0.39 is 0 Å². The molecule has 1 aromatic heterocycles. The highest BCUT2D eigenvalue weighted by Crippen LogP contribution is 2.38. The van der Waals surface area contributed by atoms with Gasteiger partial charge in [0.25, 0.3) is 5.91 Å². The highest BCUT2D eigenvalue weighted by molar-refractivity contribution is 6.30. The average molecular weight is 285 g/mol. The molecule has 0 bridgehead atoms. The summed E-state index contributed by atoms with van der Waals surface area (Å²) in [5.74, 6) is 0.0926. The molecule has 0 N–H and O–H groups in total. The Kier molecular flexibility index (Phi) is 2.57. The van der Waals surface area contributed by atoms with E-state index in [9.17, 15) is 4.79 Å². The van der Waals surface area contributed by atoms with Gasteiger partial charge in [-0.05, 0) is 41.8 Å². The highest BCUT2D eigenvalue weighted by Gasteiger charge is 2.37. The normalized spacial score (nSPS) is 20.1. The van der Waals surface area contributed by atoms with Crippen molar-refractivity contribution in [3.05, 3.63) is 63.9 Å². The van der Waals surface area contributed by atoms with Gasteiger partial charge in [0.15, 0.2) is 0 Å². The van der Waals surface area contributed by atoms with Crippen LogP contribution in [-0.2, 0) is 12.8 Å². The van der Waals surface area contributed by atoms with E-state index in [2.05, 4.69) is 11.1 Å². The SMILES string of the molecule is O=C1c2cccnc2CC2c3cc(Cl)ccc3CCN12. The summed E-state index contributed by atoms with van der Waals surface area (Å²) in [6.45, 7) is 0.770. The third-order valence-corrected chi connectivity index (χ3v) is 4.47. The fourth-order valence-electron chi connectivity index (χ4n) is 3.26. The Balaban J connectivity index is 1.85. The van der Waals surface area contributed by atoms with Gasteiger partial charge < -0.3 is 4.90 Å². The molecule has 4 heteroatoms. The number of pyridine rings is 1. The molecular formula is C16H13ClN2O. The van der Waals surface area contributed by atoms with Gasteiger partial charge in [0.1, 0.15) is 0 Å². The molecule has 3 heterocycles. The van der Waals surface area contributed by atoms with Gasteiger partial charge >= 0.3 is 0 Å². The van der Waals surface area contributed by atoms with Crippen LogP contribution in [0.3, 0.4) is 0 Å². The van der Waals surface area contributed by atoms with Crippen LogP contribution in [0.25, 0.3) is 0 Å². The summed E-state index contributed by atoms with van der Waals surface area (Å²) in [4.78, 5) is 18.9. The highest BCUT2D eigenvalue weighted by atomic mass is 35.5. The predicted molar refractivity (Wildman–Crippen MR) is 76.9 cm³/mol. The van der Waals surface area contributed by atoms with Gasteiger partial charge in [-0.25, -0.2) is 0 Å². The van der Waals surface area contributed by atoms with E-state index in [1.807, 2.05) is 29.2 Å². The minimum Gasteiger partial charge on any atom is -0.331 e. The van der Waals surface area contributed by atoms with Gasteiger partial charge in [-0.2, -0.15) is 0 Å². The molecule has 0 fully saturated rings. The van der Waals surface area contributed by atoms with E-state index in [1.54, 1.807) is 6.20 Å². The Morgan fingerprint density at radius 1 is 1.30 bits per heavy atom. The fourth-order valence-corrected chi connectivity index (χ4v) is 3.45. The number of benzene rings is 1. The van der Waals surface area contributed by atoms with Crippen molar-refractivity contribution in [2.45, 2.75) is 18.9 Å². The minimum atomic E-state index is 0.0762. The first-order chi connectivity index (χ1) is 9.74. The van der Waals surface area contributed by atoms with E-state index in [0.29, 0.717) is 0 Å². The van der Waals surface area contributed by atoms with Crippen LogP contribution in [0.4, 0.5) is 0 Å². The largest absolute Gasteiger partial charge is 0.331 e. The van der Waals surface area contributed by atoms with Crippen LogP contribution < -0.4 is 0 Å². The molecule has 1 unspecified atom stereocenters. The molecule has 2 aliphatic heterocycles. The summed E-state index contributed by atoms with van der Waals surface area (Å²) in [6, 6.07) is 9.77. The number of hydrogen-bond acceptors (Lipinski definition) is 2. The van der Waals surface area contributed by atoms with Crippen molar-refractivity contribution in [2.75, 3.05) is 6.54 Å². The monoisotopic (exact) mass is 284 g/mol. The van der Waals surface area contributed by atoms with E-state index in [4.69, 9.17) is 11.6 Å². The van der Waals surface area contributed by atoms with Gasteiger partial charge in [-0.15, -0.1) is 0 Å². The maximum atomic E-state index is 12.6. The lowest BCUT2D eigenvalue weighted by Gasteiger charge is -2.40. The van der Waals surface area contributed by atoms with Gasteiger partial charge in [0.2, 0.25) is 0 Å². The Morgan fingerprint density at radius 3 is 3.10 bits per heavy atom. The van der Waals surface area contributed by atoms with E-state index in [-0.39, 0.29) is 11.9 Å². The van der Waals surface area contributed by atoms with Gasteiger partial charge in [-0.1, -0.05) is 17.7 Å².